The third-order valence-corrected chi connectivity index (χ3v) is 2.92. The number of hydrogen-bond acceptors (Lipinski definition) is 3. The molecular weight excluding hydrogens is 228 g/mol. The van der Waals surface area contributed by atoms with Gasteiger partial charge in [-0.2, -0.15) is 0 Å². The summed E-state index contributed by atoms with van der Waals surface area (Å²) in [5.74, 6) is 0.972. The van der Waals surface area contributed by atoms with Crippen LogP contribution in [0, 0.1) is 0 Å². The monoisotopic (exact) mass is 244 g/mol. The molecule has 0 radical (unpaired) electrons. The van der Waals surface area contributed by atoms with Crippen molar-refractivity contribution in [3.63, 3.8) is 0 Å². The Morgan fingerprint density at radius 1 is 0.944 bits per heavy atom. The van der Waals surface area contributed by atoms with E-state index in [2.05, 4.69) is 0 Å². The molecule has 18 heavy (non-hydrogen) atoms. The Morgan fingerprint density at radius 3 is 2.33 bits per heavy atom. The Balaban J connectivity index is 2.08. The Labute approximate surface area is 106 Å². The lowest BCUT2D eigenvalue weighted by Crippen LogP contribution is -1.93. The van der Waals surface area contributed by atoms with Gasteiger partial charge in [-0.15, -0.1) is 0 Å². The van der Waals surface area contributed by atoms with Crippen LogP contribution in [0.3, 0.4) is 0 Å². The lowest BCUT2D eigenvalue weighted by Gasteiger charge is -2.08. The van der Waals surface area contributed by atoms with Crippen molar-refractivity contribution in [1.82, 2.24) is 0 Å². The number of aromatic hydroxyl groups is 2. The van der Waals surface area contributed by atoms with Crippen molar-refractivity contribution in [2.24, 2.45) is 0 Å². The van der Waals surface area contributed by atoms with Gasteiger partial charge in [-0.05, 0) is 42.2 Å². The molecule has 0 saturated heterocycles. The first-order chi connectivity index (χ1) is 8.70. The fourth-order valence-corrected chi connectivity index (χ4v) is 1.88. The van der Waals surface area contributed by atoms with Crippen LogP contribution in [-0.2, 0) is 12.8 Å². The maximum Gasteiger partial charge on any atom is 0.160 e. The summed E-state index contributed by atoms with van der Waals surface area (Å²) in [6, 6.07) is 12.6. The Hall–Kier alpha value is -2.16. The molecule has 0 aromatic heterocycles. The summed E-state index contributed by atoms with van der Waals surface area (Å²) in [6.07, 6.45) is 1.54. The van der Waals surface area contributed by atoms with Crippen LogP contribution >= 0.6 is 0 Å². The third kappa shape index (κ3) is 2.74. The number of ether oxygens (including phenoxy) is 1. The minimum Gasteiger partial charge on any atom is -0.508 e. The second kappa shape index (κ2) is 5.45. The van der Waals surface area contributed by atoms with Gasteiger partial charge in [0.15, 0.2) is 11.5 Å². The molecule has 0 aliphatic heterocycles. The molecule has 3 nitrogen and oxygen atoms in total. The first-order valence-electron chi connectivity index (χ1n) is 5.83. The van der Waals surface area contributed by atoms with Crippen molar-refractivity contribution in [3.05, 3.63) is 53.6 Å². The second-order valence-corrected chi connectivity index (χ2v) is 4.13. The van der Waals surface area contributed by atoms with Gasteiger partial charge in [-0.1, -0.05) is 24.3 Å². The lowest BCUT2D eigenvalue weighted by molar-refractivity contribution is 0.370. The van der Waals surface area contributed by atoms with Crippen molar-refractivity contribution >= 4 is 0 Å². The van der Waals surface area contributed by atoms with E-state index in [1.807, 2.05) is 24.3 Å². The first-order valence-corrected chi connectivity index (χ1v) is 5.83. The average molecular weight is 244 g/mol. The van der Waals surface area contributed by atoms with Gasteiger partial charge in [0.05, 0.1) is 7.11 Å². The molecule has 2 rings (SSSR count). The van der Waals surface area contributed by atoms with Gasteiger partial charge in [0.1, 0.15) is 5.75 Å². The van der Waals surface area contributed by atoms with Crippen LogP contribution in [0.2, 0.25) is 0 Å². The molecule has 0 amide bonds. The predicted octanol–water partition coefficient (Wildman–Crippen LogP) is 2.89. The number of hydrogen-bond donors (Lipinski definition) is 2. The zero-order valence-corrected chi connectivity index (χ0v) is 10.3. The minimum absolute atomic E-state index is 0.207. The van der Waals surface area contributed by atoms with Gasteiger partial charge in [0.2, 0.25) is 0 Å². The van der Waals surface area contributed by atoms with Crippen LogP contribution in [0.1, 0.15) is 11.1 Å². The Kier molecular flexibility index (Phi) is 3.72. The number of phenolic OH excluding ortho intramolecular Hbond substituents is 2. The summed E-state index contributed by atoms with van der Waals surface area (Å²) in [6.45, 7) is 0. The van der Waals surface area contributed by atoms with E-state index in [9.17, 15) is 10.2 Å². The summed E-state index contributed by atoms with van der Waals surface area (Å²) < 4.78 is 5.07. The zero-order valence-electron chi connectivity index (χ0n) is 10.3. The second-order valence-electron chi connectivity index (χ2n) is 4.13. The zero-order chi connectivity index (χ0) is 13.0. The minimum atomic E-state index is 0.207. The van der Waals surface area contributed by atoms with Crippen LogP contribution in [0.15, 0.2) is 42.5 Å². The van der Waals surface area contributed by atoms with E-state index in [1.165, 1.54) is 0 Å². The van der Waals surface area contributed by atoms with Crippen molar-refractivity contribution < 1.29 is 14.9 Å². The highest BCUT2D eigenvalue weighted by Gasteiger charge is 2.07. The van der Waals surface area contributed by atoms with E-state index >= 15 is 0 Å². The van der Waals surface area contributed by atoms with Crippen LogP contribution in [0.5, 0.6) is 17.2 Å². The smallest absolute Gasteiger partial charge is 0.160 e. The fraction of sp³-hybridized carbons (Fsp3) is 0.200. The van der Waals surface area contributed by atoms with Crippen LogP contribution in [0.25, 0.3) is 0 Å². The summed E-state index contributed by atoms with van der Waals surface area (Å²) >= 11 is 0. The molecule has 0 bridgehead atoms. The molecule has 0 unspecified atom stereocenters. The summed E-state index contributed by atoms with van der Waals surface area (Å²) in [5, 5.41) is 19.1. The van der Waals surface area contributed by atoms with E-state index in [-0.39, 0.29) is 11.5 Å². The highest BCUT2D eigenvalue weighted by molar-refractivity contribution is 5.45. The molecule has 0 heterocycles. The quantitative estimate of drug-likeness (QED) is 0.869. The highest BCUT2D eigenvalue weighted by Crippen LogP contribution is 2.30. The maximum absolute atomic E-state index is 9.95. The fourth-order valence-electron chi connectivity index (χ4n) is 1.88. The third-order valence-electron chi connectivity index (χ3n) is 2.92. The molecule has 0 spiro atoms. The number of methoxy groups -OCH3 is 1. The van der Waals surface area contributed by atoms with Gasteiger partial charge in [0, 0.05) is 0 Å². The maximum atomic E-state index is 9.95. The molecule has 0 saturated carbocycles. The van der Waals surface area contributed by atoms with Crippen molar-refractivity contribution in [2.45, 2.75) is 12.8 Å². The molecule has 2 N–H and O–H groups in total. The number of rotatable bonds is 4. The average Bonchev–Trinajstić information content (AvgIpc) is 2.39. The highest BCUT2D eigenvalue weighted by atomic mass is 16.5. The molecule has 0 aliphatic rings. The Morgan fingerprint density at radius 2 is 1.67 bits per heavy atom. The van der Waals surface area contributed by atoms with Crippen molar-refractivity contribution in [1.29, 1.82) is 0 Å². The first kappa shape index (κ1) is 12.3. The standard InChI is InChI=1S/C15H16O3/c1-18-14-4-2-3-12(15(14)17)8-5-11-6-9-13(16)10-7-11/h2-4,6-7,9-10,16-17H,5,8H2,1H3. The molecule has 0 aliphatic carbocycles. The van der Waals surface area contributed by atoms with Crippen LogP contribution in [0.4, 0.5) is 0 Å². The van der Waals surface area contributed by atoms with E-state index < -0.39 is 0 Å². The summed E-state index contributed by atoms with van der Waals surface area (Å²) in [4.78, 5) is 0. The van der Waals surface area contributed by atoms with E-state index in [1.54, 1.807) is 25.3 Å². The van der Waals surface area contributed by atoms with E-state index in [0.717, 1.165) is 24.0 Å². The molecule has 3 heteroatoms. The molecule has 94 valence electrons. The number of benzene rings is 2. The van der Waals surface area contributed by atoms with Crippen LogP contribution in [-0.4, -0.2) is 17.3 Å². The molecule has 0 atom stereocenters. The van der Waals surface area contributed by atoms with Gasteiger partial charge < -0.3 is 14.9 Å². The van der Waals surface area contributed by atoms with Crippen molar-refractivity contribution in [3.8, 4) is 17.2 Å². The van der Waals surface area contributed by atoms with Crippen molar-refractivity contribution in [2.75, 3.05) is 7.11 Å². The summed E-state index contributed by atoms with van der Waals surface area (Å²) in [5.41, 5.74) is 1.98. The van der Waals surface area contributed by atoms with E-state index in [0.29, 0.717) is 5.75 Å². The summed E-state index contributed by atoms with van der Waals surface area (Å²) in [7, 11) is 1.54. The largest absolute Gasteiger partial charge is 0.508 e. The normalized spacial score (nSPS) is 10.3. The lowest BCUT2D eigenvalue weighted by atomic mass is 10.0. The molecule has 0 fully saturated rings. The SMILES string of the molecule is COc1cccc(CCc2ccc(O)cc2)c1O. The Bertz CT molecular complexity index is 518. The number of aryl methyl sites for hydroxylation is 2. The molecule has 2 aromatic rings. The topological polar surface area (TPSA) is 49.7 Å². The molecular formula is C15H16O3. The van der Waals surface area contributed by atoms with Gasteiger partial charge in [0.25, 0.3) is 0 Å². The number of para-hydroxylation sites is 1. The van der Waals surface area contributed by atoms with Gasteiger partial charge in [-0.25, -0.2) is 0 Å². The van der Waals surface area contributed by atoms with Gasteiger partial charge in [-0.3, -0.25) is 0 Å². The predicted molar refractivity (Wildman–Crippen MR) is 70.2 cm³/mol. The number of phenols is 2. The van der Waals surface area contributed by atoms with Crippen LogP contribution < -0.4 is 4.74 Å². The molecule has 2 aromatic carbocycles. The van der Waals surface area contributed by atoms with Gasteiger partial charge >= 0.3 is 0 Å². The van der Waals surface area contributed by atoms with E-state index in [4.69, 9.17) is 4.74 Å².